The van der Waals surface area contributed by atoms with Crippen molar-refractivity contribution in [3.63, 3.8) is 0 Å². The van der Waals surface area contributed by atoms with Gasteiger partial charge in [0.15, 0.2) is 0 Å². The van der Waals surface area contributed by atoms with Gasteiger partial charge in [0.05, 0.1) is 0 Å². The molecule has 0 amide bonds. The number of benzene rings is 2. The average Bonchev–Trinajstić information content (AvgIpc) is 2.61. The molecule has 1 aliphatic heterocycles. The smallest absolute Gasteiger partial charge is 0.136 e. The first-order chi connectivity index (χ1) is 12.2. The number of rotatable bonds is 3. The third-order valence-electron chi connectivity index (χ3n) is 4.38. The van der Waals surface area contributed by atoms with E-state index >= 15 is 0 Å². The second kappa shape index (κ2) is 6.84. The van der Waals surface area contributed by atoms with E-state index < -0.39 is 0 Å². The summed E-state index contributed by atoms with van der Waals surface area (Å²) in [6.45, 7) is 3.78. The molecule has 0 saturated heterocycles. The summed E-state index contributed by atoms with van der Waals surface area (Å²) in [5.74, 6) is 2.58. The van der Waals surface area contributed by atoms with Gasteiger partial charge in [-0.1, -0.05) is 40.2 Å². The van der Waals surface area contributed by atoms with Gasteiger partial charge >= 0.3 is 0 Å². The lowest BCUT2D eigenvalue weighted by Crippen LogP contribution is -2.31. The van der Waals surface area contributed by atoms with Crippen LogP contribution in [0.3, 0.4) is 0 Å². The van der Waals surface area contributed by atoms with Crippen molar-refractivity contribution in [2.75, 3.05) is 16.8 Å². The van der Waals surface area contributed by atoms with Gasteiger partial charge in [-0.15, -0.1) is 0 Å². The van der Waals surface area contributed by atoms with Gasteiger partial charge in [-0.3, -0.25) is 0 Å². The predicted octanol–water partition coefficient (Wildman–Crippen LogP) is 4.85. The van der Waals surface area contributed by atoms with Gasteiger partial charge < -0.3 is 10.2 Å². The number of anilines is 3. The Hall–Kier alpha value is -2.40. The van der Waals surface area contributed by atoms with E-state index in [-0.39, 0.29) is 0 Å². The fourth-order valence-corrected chi connectivity index (χ4v) is 3.57. The number of para-hydroxylation sites is 1. The minimum absolute atomic E-state index is 0.775. The summed E-state index contributed by atoms with van der Waals surface area (Å²) in [6, 6.07) is 18.7. The molecule has 3 aromatic rings. The van der Waals surface area contributed by atoms with Gasteiger partial charge in [-0.25, -0.2) is 9.97 Å². The monoisotopic (exact) mass is 394 g/mol. The lowest BCUT2D eigenvalue weighted by molar-refractivity contribution is 0.717. The van der Waals surface area contributed by atoms with Crippen molar-refractivity contribution in [2.24, 2.45) is 0 Å². The molecule has 0 fully saturated rings. The molecular weight excluding hydrogens is 376 g/mol. The van der Waals surface area contributed by atoms with Crippen molar-refractivity contribution >= 4 is 33.3 Å². The van der Waals surface area contributed by atoms with Crippen LogP contribution in [0, 0.1) is 6.92 Å². The summed E-state index contributed by atoms with van der Waals surface area (Å²) in [5, 5.41) is 3.37. The Morgan fingerprint density at radius 1 is 1.00 bits per heavy atom. The molecule has 2 aromatic carbocycles. The number of aryl methyl sites for hydroxylation is 1. The number of nitrogens with one attached hydrogen (secondary N) is 1. The first kappa shape index (κ1) is 16.1. The topological polar surface area (TPSA) is 41.1 Å². The van der Waals surface area contributed by atoms with Gasteiger partial charge in [-0.2, -0.15) is 0 Å². The summed E-state index contributed by atoms with van der Waals surface area (Å²) >= 11 is 3.56. The molecule has 0 unspecified atom stereocenters. The molecule has 2 heterocycles. The van der Waals surface area contributed by atoms with Gasteiger partial charge in [0, 0.05) is 29.3 Å². The molecule has 0 radical (unpaired) electrons. The molecule has 126 valence electrons. The Balaban J connectivity index is 1.59. The third kappa shape index (κ3) is 3.66. The number of fused-ring (bicyclic) bond motifs is 1. The van der Waals surface area contributed by atoms with Gasteiger partial charge in [0.25, 0.3) is 0 Å². The van der Waals surface area contributed by atoms with Crippen molar-refractivity contribution in [3.8, 4) is 0 Å². The minimum Gasteiger partial charge on any atom is -0.352 e. The van der Waals surface area contributed by atoms with Gasteiger partial charge in [0.1, 0.15) is 17.5 Å². The zero-order chi connectivity index (χ0) is 17.2. The van der Waals surface area contributed by atoms with Crippen molar-refractivity contribution in [2.45, 2.75) is 19.9 Å². The first-order valence-electron chi connectivity index (χ1n) is 8.37. The van der Waals surface area contributed by atoms with E-state index in [4.69, 9.17) is 0 Å². The zero-order valence-corrected chi connectivity index (χ0v) is 15.6. The maximum absolute atomic E-state index is 4.66. The second-order valence-corrected chi connectivity index (χ2v) is 7.15. The van der Waals surface area contributed by atoms with Crippen LogP contribution in [0.2, 0.25) is 0 Å². The highest BCUT2D eigenvalue weighted by molar-refractivity contribution is 9.10. The fraction of sp³-hybridized carbons (Fsp3) is 0.200. The van der Waals surface area contributed by atoms with E-state index in [2.05, 4.69) is 54.3 Å². The molecule has 0 aliphatic carbocycles. The van der Waals surface area contributed by atoms with Crippen LogP contribution >= 0.6 is 15.9 Å². The van der Waals surface area contributed by atoms with E-state index in [1.165, 1.54) is 11.1 Å². The predicted molar refractivity (Wildman–Crippen MR) is 105 cm³/mol. The van der Waals surface area contributed by atoms with E-state index in [9.17, 15) is 0 Å². The van der Waals surface area contributed by atoms with Crippen LogP contribution in [0.15, 0.2) is 59.1 Å². The van der Waals surface area contributed by atoms with Crippen molar-refractivity contribution in [1.29, 1.82) is 0 Å². The minimum atomic E-state index is 0.775. The summed E-state index contributed by atoms with van der Waals surface area (Å²) in [6.07, 6.45) is 1.03. The number of halogens is 1. The van der Waals surface area contributed by atoms with Crippen LogP contribution in [-0.2, 0) is 13.0 Å². The maximum atomic E-state index is 4.66. The fourth-order valence-electron chi connectivity index (χ4n) is 3.16. The van der Waals surface area contributed by atoms with Crippen LogP contribution in [-0.4, -0.2) is 16.5 Å². The number of nitrogens with zero attached hydrogens (tertiary/aromatic N) is 3. The number of hydrogen-bond acceptors (Lipinski definition) is 4. The molecule has 0 saturated carbocycles. The largest absolute Gasteiger partial charge is 0.352 e. The van der Waals surface area contributed by atoms with Crippen molar-refractivity contribution in [3.05, 3.63) is 76.0 Å². The molecule has 0 spiro atoms. The Labute approximate surface area is 156 Å². The SMILES string of the molecule is Cc1nc(Nc2ccccc2)cc(N2CCc3cc(Br)ccc3C2)n1. The molecule has 1 aliphatic rings. The number of aromatic nitrogens is 2. The second-order valence-electron chi connectivity index (χ2n) is 6.23. The molecule has 25 heavy (non-hydrogen) atoms. The Kier molecular flexibility index (Phi) is 4.40. The standard InChI is InChI=1S/C20H19BrN4/c1-14-22-19(24-18-5-3-2-4-6-18)12-20(23-14)25-10-9-15-11-17(21)8-7-16(15)13-25/h2-8,11-12H,9-10,13H2,1H3,(H,22,23,24). The highest BCUT2D eigenvalue weighted by Crippen LogP contribution is 2.27. The normalized spacial score (nSPS) is 13.4. The highest BCUT2D eigenvalue weighted by atomic mass is 79.9. The van der Waals surface area contributed by atoms with Crippen LogP contribution in [0.1, 0.15) is 17.0 Å². The summed E-state index contributed by atoms with van der Waals surface area (Å²) in [4.78, 5) is 11.5. The molecule has 4 nitrogen and oxygen atoms in total. The highest BCUT2D eigenvalue weighted by Gasteiger charge is 2.18. The molecule has 0 bridgehead atoms. The van der Waals surface area contributed by atoms with E-state index in [0.717, 1.165) is 47.1 Å². The first-order valence-corrected chi connectivity index (χ1v) is 9.17. The summed E-state index contributed by atoms with van der Waals surface area (Å²) in [7, 11) is 0. The van der Waals surface area contributed by atoms with E-state index in [1.54, 1.807) is 0 Å². The molecule has 4 rings (SSSR count). The zero-order valence-electron chi connectivity index (χ0n) is 14.0. The number of hydrogen-bond donors (Lipinski definition) is 1. The lowest BCUT2D eigenvalue weighted by Gasteiger charge is -2.30. The molecule has 0 atom stereocenters. The van der Waals surface area contributed by atoms with E-state index in [0.29, 0.717) is 0 Å². The van der Waals surface area contributed by atoms with Crippen LogP contribution < -0.4 is 10.2 Å². The Morgan fingerprint density at radius 3 is 2.68 bits per heavy atom. The van der Waals surface area contributed by atoms with E-state index in [1.807, 2.05) is 43.3 Å². The third-order valence-corrected chi connectivity index (χ3v) is 4.87. The quantitative estimate of drug-likeness (QED) is 0.688. The van der Waals surface area contributed by atoms with Crippen molar-refractivity contribution < 1.29 is 0 Å². The maximum Gasteiger partial charge on any atom is 0.136 e. The van der Waals surface area contributed by atoms with Gasteiger partial charge in [-0.05, 0) is 48.7 Å². The Bertz CT molecular complexity index is 895. The molecule has 1 N–H and O–H groups in total. The van der Waals surface area contributed by atoms with Crippen molar-refractivity contribution in [1.82, 2.24) is 9.97 Å². The van der Waals surface area contributed by atoms with Crippen LogP contribution in [0.25, 0.3) is 0 Å². The average molecular weight is 395 g/mol. The van der Waals surface area contributed by atoms with Crippen LogP contribution in [0.4, 0.5) is 17.3 Å². The molecule has 1 aromatic heterocycles. The summed E-state index contributed by atoms with van der Waals surface area (Å²) in [5.41, 5.74) is 3.81. The lowest BCUT2D eigenvalue weighted by atomic mass is 10.00. The molecular formula is C20H19BrN4. The van der Waals surface area contributed by atoms with Crippen LogP contribution in [0.5, 0.6) is 0 Å². The molecule has 5 heteroatoms. The van der Waals surface area contributed by atoms with Gasteiger partial charge in [0.2, 0.25) is 0 Å². The Morgan fingerprint density at radius 2 is 1.84 bits per heavy atom. The summed E-state index contributed by atoms with van der Waals surface area (Å²) < 4.78 is 1.15.